The maximum atomic E-state index is 17.2. The van der Waals surface area contributed by atoms with Crippen LogP contribution in [0.1, 0.15) is 86.0 Å². The van der Waals surface area contributed by atoms with E-state index in [4.69, 9.17) is 9.47 Å². The summed E-state index contributed by atoms with van der Waals surface area (Å²) in [4.78, 5) is 23.7. The summed E-state index contributed by atoms with van der Waals surface area (Å²) in [6.45, 7) is 9.19. The van der Waals surface area contributed by atoms with Crippen LogP contribution in [-0.4, -0.2) is 41.0 Å². The van der Waals surface area contributed by atoms with Gasteiger partial charge >= 0.3 is 11.9 Å². The summed E-state index contributed by atoms with van der Waals surface area (Å²) in [5.74, 6) is -0.707. The molecular formula is C25H39FO5. The molecule has 4 aliphatic rings. The van der Waals surface area contributed by atoms with E-state index >= 15 is 4.39 Å². The summed E-state index contributed by atoms with van der Waals surface area (Å²) in [6.07, 6.45) is 4.00. The molecule has 4 aliphatic carbocycles. The van der Waals surface area contributed by atoms with Gasteiger partial charge in [0.1, 0.15) is 17.9 Å². The van der Waals surface area contributed by atoms with E-state index in [1.54, 1.807) is 0 Å². The minimum atomic E-state index is -1.65. The summed E-state index contributed by atoms with van der Waals surface area (Å²) in [5.41, 5.74) is -2.67. The zero-order valence-corrected chi connectivity index (χ0v) is 19.7. The highest BCUT2D eigenvalue weighted by atomic mass is 19.1. The van der Waals surface area contributed by atoms with E-state index in [-0.39, 0.29) is 53.2 Å². The third kappa shape index (κ3) is 3.34. The Labute approximate surface area is 185 Å². The molecule has 4 fully saturated rings. The summed E-state index contributed by atoms with van der Waals surface area (Å²) >= 11 is 0. The number of aliphatic hydroxyl groups is 1. The van der Waals surface area contributed by atoms with E-state index in [0.717, 1.165) is 25.7 Å². The Balaban J connectivity index is 1.59. The zero-order chi connectivity index (χ0) is 22.8. The first-order valence-electron chi connectivity index (χ1n) is 12.2. The number of halogens is 1. The van der Waals surface area contributed by atoms with Crippen molar-refractivity contribution in [3.05, 3.63) is 0 Å². The van der Waals surface area contributed by atoms with Crippen molar-refractivity contribution in [1.29, 1.82) is 0 Å². The van der Waals surface area contributed by atoms with Gasteiger partial charge in [-0.1, -0.05) is 27.7 Å². The average Bonchev–Trinajstić information content (AvgIpc) is 2.99. The van der Waals surface area contributed by atoms with Crippen molar-refractivity contribution in [2.24, 2.45) is 34.5 Å². The lowest BCUT2D eigenvalue weighted by Crippen LogP contribution is -2.69. The van der Waals surface area contributed by atoms with Gasteiger partial charge in [-0.3, -0.25) is 9.59 Å². The molecule has 4 saturated carbocycles. The van der Waals surface area contributed by atoms with Crippen LogP contribution in [0.3, 0.4) is 0 Å². The Hall–Kier alpha value is -1.17. The van der Waals surface area contributed by atoms with Gasteiger partial charge in [0.2, 0.25) is 0 Å². The molecule has 6 heteroatoms. The Morgan fingerprint density at radius 1 is 1.03 bits per heavy atom. The topological polar surface area (TPSA) is 72.8 Å². The molecule has 176 valence electrons. The summed E-state index contributed by atoms with van der Waals surface area (Å²) in [6, 6.07) is 0. The fraction of sp³-hybridized carbons (Fsp3) is 0.920. The Morgan fingerprint density at radius 3 is 2.35 bits per heavy atom. The quantitative estimate of drug-likeness (QED) is 0.653. The van der Waals surface area contributed by atoms with Crippen LogP contribution in [0.5, 0.6) is 0 Å². The molecule has 0 bridgehead atoms. The third-order valence-electron chi connectivity index (χ3n) is 9.66. The second kappa shape index (κ2) is 7.71. The molecule has 5 nitrogen and oxygen atoms in total. The number of ether oxygens (including phenoxy) is 2. The highest BCUT2D eigenvalue weighted by Crippen LogP contribution is 2.69. The van der Waals surface area contributed by atoms with Gasteiger partial charge in [-0.2, -0.15) is 0 Å². The first-order chi connectivity index (χ1) is 14.4. The summed E-state index contributed by atoms with van der Waals surface area (Å²) < 4.78 is 28.5. The van der Waals surface area contributed by atoms with Crippen molar-refractivity contribution in [1.82, 2.24) is 0 Å². The summed E-state index contributed by atoms with van der Waals surface area (Å²) in [5, 5.41) is 11.4. The van der Waals surface area contributed by atoms with Crippen LogP contribution in [-0.2, 0) is 19.1 Å². The van der Waals surface area contributed by atoms with Crippen LogP contribution in [0, 0.1) is 34.5 Å². The van der Waals surface area contributed by atoms with Gasteiger partial charge < -0.3 is 14.6 Å². The van der Waals surface area contributed by atoms with E-state index in [2.05, 4.69) is 6.92 Å². The third-order valence-corrected chi connectivity index (χ3v) is 9.66. The minimum absolute atomic E-state index is 0.0989. The average molecular weight is 439 g/mol. The molecule has 0 unspecified atom stereocenters. The van der Waals surface area contributed by atoms with E-state index in [0.29, 0.717) is 25.7 Å². The van der Waals surface area contributed by atoms with Gasteiger partial charge in [-0.15, -0.1) is 0 Å². The number of hydrogen-bond donors (Lipinski definition) is 1. The standard InChI is InChI=1S/C25H39FO5/c1-14(2)22(29)31-21-9-8-18-19-7-6-16-12-17(30-15(3)27)10-11-24(16,5)25(19,26)20(28)13-23(18,21)4/h14,16-21,28H,6-13H2,1-5H3/t16-,17-,18-,19-,20-,21-,23-,24-,25-/m0/s1. The lowest BCUT2D eigenvalue weighted by atomic mass is 9.42. The number of alkyl halides is 1. The lowest BCUT2D eigenvalue weighted by molar-refractivity contribution is -0.254. The van der Waals surface area contributed by atoms with Crippen molar-refractivity contribution >= 4 is 11.9 Å². The summed E-state index contributed by atoms with van der Waals surface area (Å²) in [7, 11) is 0. The van der Waals surface area contributed by atoms with Gasteiger partial charge in [0, 0.05) is 17.8 Å². The second-order valence-corrected chi connectivity index (χ2v) is 11.6. The molecule has 0 aliphatic heterocycles. The Bertz CT molecular complexity index is 739. The molecule has 0 aromatic heterocycles. The first-order valence-corrected chi connectivity index (χ1v) is 12.2. The highest BCUT2D eigenvalue weighted by molar-refractivity contribution is 5.71. The van der Waals surface area contributed by atoms with E-state index in [1.807, 2.05) is 20.8 Å². The molecule has 0 aromatic carbocycles. The molecule has 0 amide bonds. The largest absolute Gasteiger partial charge is 0.463 e. The van der Waals surface area contributed by atoms with Gasteiger partial charge in [0.25, 0.3) is 0 Å². The molecule has 1 N–H and O–H groups in total. The molecule has 0 saturated heterocycles. The predicted octanol–water partition coefficient (Wildman–Crippen LogP) is 4.59. The van der Waals surface area contributed by atoms with Gasteiger partial charge in [0.15, 0.2) is 0 Å². The molecule has 9 atom stereocenters. The van der Waals surface area contributed by atoms with Crippen molar-refractivity contribution < 1.29 is 28.6 Å². The number of fused-ring (bicyclic) bond motifs is 5. The van der Waals surface area contributed by atoms with E-state index < -0.39 is 17.2 Å². The minimum Gasteiger partial charge on any atom is -0.463 e. The maximum Gasteiger partial charge on any atom is 0.308 e. The van der Waals surface area contributed by atoms with Crippen molar-refractivity contribution in [2.75, 3.05) is 0 Å². The lowest BCUT2D eigenvalue weighted by Gasteiger charge is -2.65. The van der Waals surface area contributed by atoms with Crippen molar-refractivity contribution in [3.63, 3.8) is 0 Å². The van der Waals surface area contributed by atoms with Crippen LogP contribution in [0.15, 0.2) is 0 Å². The molecule has 4 rings (SSSR count). The van der Waals surface area contributed by atoms with Crippen LogP contribution >= 0.6 is 0 Å². The van der Waals surface area contributed by atoms with Gasteiger partial charge in [-0.05, 0) is 69.1 Å². The van der Waals surface area contributed by atoms with Crippen molar-refractivity contribution in [3.8, 4) is 0 Å². The van der Waals surface area contributed by atoms with Crippen LogP contribution in [0.25, 0.3) is 0 Å². The number of carbonyl (C=O) groups excluding carboxylic acids is 2. The van der Waals surface area contributed by atoms with Crippen LogP contribution in [0.4, 0.5) is 4.39 Å². The van der Waals surface area contributed by atoms with Crippen LogP contribution in [0.2, 0.25) is 0 Å². The smallest absolute Gasteiger partial charge is 0.308 e. The molecule has 0 spiro atoms. The number of carbonyl (C=O) groups is 2. The molecule has 0 radical (unpaired) electrons. The van der Waals surface area contributed by atoms with E-state index in [1.165, 1.54) is 6.92 Å². The molecule has 0 heterocycles. The van der Waals surface area contributed by atoms with Gasteiger partial charge in [-0.25, -0.2) is 4.39 Å². The predicted molar refractivity (Wildman–Crippen MR) is 114 cm³/mol. The number of rotatable bonds is 3. The fourth-order valence-corrected chi connectivity index (χ4v) is 7.99. The van der Waals surface area contributed by atoms with Gasteiger partial charge in [0.05, 0.1) is 12.0 Å². The normalized spacial score (nSPS) is 49.0. The molecule has 0 aromatic rings. The van der Waals surface area contributed by atoms with Crippen LogP contribution < -0.4 is 0 Å². The Morgan fingerprint density at radius 2 is 1.71 bits per heavy atom. The van der Waals surface area contributed by atoms with Crippen molar-refractivity contribution in [2.45, 2.75) is 110 Å². The van der Waals surface area contributed by atoms with E-state index in [9.17, 15) is 14.7 Å². The Kier molecular flexibility index (Phi) is 5.72. The number of esters is 2. The highest BCUT2D eigenvalue weighted by Gasteiger charge is 2.72. The number of aliphatic hydroxyl groups excluding tert-OH is 1. The molecular weight excluding hydrogens is 399 g/mol. The zero-order valence-electron chi connectivity index (χ0n) is 19.7. The monoisotopic (exact) mass is 438 g/mol. The fourth-order valence-electron chi connectivity index (χ4n) is 7.99. The molecule has 31 heavy (non-hydrogen) atoms. The first kappa shape index (κ1) is 23.0. The second-order valence-electron chi connectivity index (χ2n) is 11.6. The maximum absolute atomic E-state index is 17.2. The number of hydrogen-bond acceptors (Lipinski definition) is 5. The SMILES string of the molecule is CC(=O)O[C@H]1CC[C@@]2(C)[C@@H](CC[C@H]3[C@@H]4CC[C@H](OC(=O)C(C)C)[C@@]4(C)C[C@H](O)[C@@]32F)C1.